The van der Waals surface area contributed by atoms with E-state index >= 15 is 0 Å². The summed E-state index contributed by atoms with van der Waals surface area (Å²) < 4.78 is 71.9. The van der Waals surface area contributed by atoms with Gasteiger partial charge in [-0.3, -0.25) is 0 Å². The molecule has 2 unspecified atom stereocenters. The molecule has 2 aromatic rings. The van der Waals surface area contributed by atoms with E-state index in [1.165, 1.54) is 12.5 Å². The summed E-state index contributed by atoms with van der Waals surface area (Å²) in [6, 6.07) is 6.15. The van der Waals surface area contributed by atoms with Crippen molar-refractivity contribution in [1.29, 1.82) is 0 Å². The minimum atomic E-state index is -4.81. The molecule has 31 heavy (non-hydrogen) atoms. The number of alkyl halides is 3. The highest BCUT2D eigenvalue weighted by molar-refractivity contribution is 5.85. The Labute approximate surface area is 179 Å². The van der Waals surface area contributed by atoms with Crippen LogP contribution >= 0.6 is 0 Å². The van der Waals surface area contributed by atoms with Gasteiger partial charge in [0.15, 0.2) is 0 Å². The highest BCUT2D eigenvalue weighted by atomic mass is 19.4. The van der Waals surface area contributed by atoms with E-state index in [1.54, 1.807) is 18.1 Å². The van der Waals surface area contributed by atoms with Crippen molar-refractivity contribution < 1.29 is 26.7 Å². The van der Waals surface area contributed by atoms with Crippen molar-refractivity contribution in [2.24, 2.45) is 11.8 Å². The molecule has 1 heterocycles. The van der Waals surface area contributed by atoms with Gasteiger partial charge in [-0.15, -0.1) is 0 Å². The zero-order valence-corrected chi connectivity index (χ0v) is 17.4. The smallest absolute Gasteiger partial charge is 0.378 e. The molecule has 1 aliphatic heterocycles. The summed E-state index contributed by atoms with van der Waals surface area (Å²) in [5.41, 5.74) is 0.164. The third-order valence-corrected chi connectivity index (χ3v) is 6.69. The van der Waals surface area contributed by atoms with Gasteiger partial charge < -0.3 is 4.74 Å². The first-order chi connectivity index (χ1) is 14.7. The maximum absolute atomic E-state index is 14.6. The highest BCUT2D eigenvalue weighted by Crippen LogP contribution is 2.41. The van der Waals surface area contributed by atoms with Crippen LogP contribution in [0.1, 0.15) is 62.5 Å². The summed E-state index contributed by atoms with van der Waals surface area (Å²) in [5, 5.41) is 0.423. The van der Waals surface area contributed by atoms with E-state index in [9.17, 15) is 22.0 Å². The zero-order chi connectivity index (χ0) is 22.2. The lowest BCUT2D eigenvalue weighted by molar-refractivity contribution is -0.0696. The van der Waals surface area contributed by atoms with Crippen LogP contribution in [0.5, 0.6) is 0 Å². The van der Waals surface area contributed by atoms with Gasteiger partial charge in [-0.05, 0) is 73.3 Å². The van der Waals surface area contributed by atoms with Gasteiger partial charge in [0.05, 0.1) is 11.7 Å². The van der Waals surface area contributed by atoms with Crippen molar-refractivity contribution in [2.75, 3.05) is 6.61 Å². The second-order valence-corrected chi connectivity index (χ2v) is 8.94. The Morgan fingerprint density at radius 2 is 1.71 bits per heavy atom. The molecule has 4 rings (SSSR count). The fourth-order valence-corrected chi connectivity index (χ4v) is 4.95. The van der Waals surface area contributed by atoms with Crippen LogP contribution in [0, 0.1) is 35.3 Å². The standard InChI is InChI=1S/C25H25F5O/c1-15-2-9-23(31-14-15)17-5-3-16(4-6-17)18-7-8-20-19(12-18)13-22(26)21(24(20)27)10-11-25(28,29)30/h7-8,12-13,15-17,23H,2-6,9,14H2,1H3. The van der Waals surface area contributed by atoms with Gasteiger partial charge in [0.25, 0.3) is 0 Å². The molecule has 0 N–H and O–H groups in total. The first-order valence-corrected chi connectivity index (χ1v) is 10.8. The zero-order valence-electron chi connectivity index (χ0n) is 17.4. The first kappa shape index (κ1) is 22.1. The number of fused-ring (bicyclic) bond motifs is 1. The Hall–Kier alpha value is -2.13. The largest absolute Gasteiger partial charge is 0.458 e. The maximum atomic E-state index is 14.6. The van der Waals surface area contributed by atoms with E-state index in [1.807, 2.05) is 0 Å². The summed E-state index contributed by atoms with van der Waals surface area (Å²) in [7, 11) is 0. The molecule has 166 valence electrons. The van der Waals surface area contributed by atoms with Crippen molar-refractivity contribution in [3.8, 4) is 11.8 Å². The molecule has 2 aliphatic rings. The van der Waals surface area contributed by atoms with E-state index in [0.717, 1.165) is 56.3 Å². The minimum absolute atomic E-state index is 0.0787. The van der Waals surface area contributed by atoms with Crippen LogP contribution < -0.4 is 0 Å². The molecule has 2 fully saturated rings. The topological polar surface area (TPSA) is 9.23 Å². The van der Waals surface area contributed by atoms with Gasteiger partial charge in [0.2, 0.25) is 0 Å². The third kappa shape index (κ3) is 5.03. The lowest BCUT2D eigenvalue weighted by Crippen LogP contribution is -2.33. The van der Waals surface area contributed by atoms with Crippen molar-refractivity contribution in [3.05, 3.63) is 47.0 Å². The molecular weight excluding hydrogens is 411 g/mol. The van der Waals surface area contributed by atoms with Gasteiger partial charge in [-0.1, -0.05) is 31.0 Å². The molecule has 1 saturated heterocycles. The Morgan fingerprint density at radius 1 is 0.968 bits per heavy atom. The number of benzene rings is 2. The second-order valence-electron chi connectivity index (χ2n) is 8.94. The fourth-order valence-electron chi connectivity index (χ4n) is 4.95. The Bertz CT molecular complexity index is 1000. The Morgan fingerprint density at radius 3 is 2.35 bits per heavy atom. The second kappa shape index (κ2) is 8.78. The predicted molar refractivity (Wildman–Crippen MR) is 110 cm³/mol. The van der Waals surface area contributed by atoms with Crippen LogP contribution in [0.25, 0.3) is 10.8 Å². The minimum Gasteiger partial charge on any atom is -0.378 e. The summed E-state index contributed by atoms with van der Waals surface area (Å²) >= 11 is 0. The quantitative estimate of drug-likeness (QED) is 0.360. The average molecular weight is 436 g/mol. The van der Waals surface area contributed by atoms with Crippen molar-refractivity contribution in [1.82, 2.24) is 0 Å². The number of hydrogen-bond donors (Lipinski definition) is 0. The van der Waals surface area contributed by atoms with Crippen LogP contribution in [0.3, 0.4) is 0 Å². The molecule has 0 radical (unpaired) electrons. The fraction of sp³-hybridized carbons (Fsp3) is 0.520. The van der Waals surface area contributed by atoms with Crippen molar-refractivity contribution in [3.63, 3.8) is 0 Å². The van der Waals surface area contributed by atoms with Crippen LogP contribution in [-0.4, -0.2) is 18.9 Å². The number of rotatable bonds is 2. The number of halogens is 5. The summed E-state index contributed by atoms with van der Waals surface area (Å²) in [4.78, 5) is 0. The lowest BCUT2D eigenvalue weighted by Gasteiger charge is -2.37. The van der Waals surface area contributed by atoms with E-state index in [2.05, 4.69) is 6.92 Å². The Balaban J connectivity index is 1.50. The van der Waals surface area contributed by atoms with Crippen LogP contribution in [-0.2, 0) is 4.74 Å². The van der Waals surface area contributed by atoms with Gasteiger partial charge >= 0.3 is 6.18 Å². The summed E-state index contributed by atoms with van der Waals surface area (Å²) in [6.07, 6.45) is 1.97. The lowest BCUT2D eigenvalue weighted by atomic mass is 9.75. The molecule has 0 aromatic heterocycles. The maximum Gasteiger partial charge on any atom is 0.458 e. The molecule has 0 spiro atoms. The van der Waals surface area contributed by atoms with E-state index in [4.69, 9.17) is 4.74 Å². The van der Waals surface area contributed by atoms with E-state index in [0.29, 0.717) is 29.2 Å². The molecule has 2 aromatic carbocycles. The van der Waals surface area contributed by atoms with Gasteiger partial charge in [-0.2, -0.15) is 13.2 Å². The molecule has 6 heteroatoms. The van der Waals surface area contributed by atoms with Crippen molar-refractivity contribution in [2.45, 2.75) is 63.6 Å². The SMILES string of the molecule is CC1CCC(C2CCC(c3ccc4c(F)c(C#CC(F)(F)F)c(F)cc4c3)CC2)OC1. The van der Waals surface area contributed by atoms with Gasteiger partial charge in [-0.25, -0.2) is 8.78 Å². The number of hydrogen-bond acceptors (Lipinski definition) is 1. The summed E-state index contributed by atoms with van der Waals surface area (Å²) in [6.45, 7) is 3.05. The first-order valence-electron chi connectivity index (χ1n) is 10.8. The van der Waals surface area contributed by atoms with Crippen LogP contribution in [0.15, 0.2) is 24.3 Å². The predicted octanol–water partition coefficient (Wildman–Crippen LogP) is 7.12. The van der Waals surface area contributed by atoms with Crippen LogP contribution in [0.2, 0.25) is 0 Å². The monoisotopic (exact) mass is 436 g/mol. The molecule has 0 amide bonds. The van der Waals surface area contributed by atoms with E-state index < -0.39 is 23.4 Å². The highest BCUT2D eigenvalue weighted by Gasteiger charge is 2.31. The van der Waals surface area contributed by atoms with Crippen molar-refractivity contribution >= 4 is 10.8 Å². The van der Waals surface area contributed by atoms with E-state index in [-0.39, 0.29) is 5.39 Å². The molecule has 1 nitrogen and oxygen atoms in total. The Kier molecular flexibility index (Phi) is 6.25. The van der Waals surface area contributed by atoms with Gasteiger partial charge in [0.1, 0.15) is 11.6 Å². The molecule has 2 atom stereocenters. The molecule has 0 bridgehead atoms. The molecular formula is C25H25F5O. The molecule has 1 aliphatic carbocycles. The van der Waals surface area contributed by atoms with Crippen LogP contribution in [0.4, 0.5) is 22.0 Å². The summed E-state index contributed by atoms with van der Waals surface area (Å²) in [5.74, 6) is 1.91. The van der Waals surface area contributed by atoms with Gasteiger partial charge in [0, 0.05) is 17.9 Å². The normalized spacial score (nSPS) is 27.0. The molecule has 1 saturated carbocycles. The average Bonchev–Trinajstić information content (AvgIpc) is 2.73. The number of ether oxygens (including phenoxy) is 1. The third-order valence-electron chi connectivity index (χ3n) is 6.69.